The van der Waals surface area contributed by atoms with Gasteiger partial charge in [0.1, 0.15) is 4.83 Å². The Morgan fingerprint density at radius 3 is 2.50 bits per heavy atom. The number of rotatable bonds is 4. The van der Waals surface area contributed by atoms with Crippen molar-refractivity contribution in [2.75, 3.05) is 5.32 Å². The van der Waals surface area contributed by atoms with Gasteiger partial charge in [-0.15, -0.1) is 11.3 Å². The molecule has 2 heterocycles. The summed E-state index contributed by atoms with van der Waals surface area (Å²) in [5.74, 6) is 0. The topological polar surface area (TPSA) is 55.1 Å². The van der Waals surface area contributed by atoms with Gasteiger partial charge in [-0.1, -0.05) is 30.0 Å². The van der Waals surface area contributed by atoms with E-state index in [2.05, 4.69) is 22.4 Å². The zero-order chi connectivity index (χ0) is 16.4. The van der Waals surface area contributed by atoms with E-state index < -0.39 is 0 Å². The van der Waals surface area contributed by atoms with Gasteiger partial charge in [-0.3, -0.25) is 0 Å². The lowest BCUT2D eigenvalue weighted by Gasteiger charge is -2.05. The molecule has 4 rings (SSSR count). The molecule has 0 aliphatic carbocycles. The third kappa shape index (κ3) is 3.20. The molecule has 24 heavy (non-hydrogen) atoms. The SMILES string of the molecule is O=c1oc(Nc2ccc(Sc3ccccc3)cc2)nc2sccc12. The van der Waals surface area contributed by atoms with Crippen LogP contribution in [0.3, 0.4) is 0 Å². The van der Waals surface area contributed by atoms with E-state index >= 15 is 0 Å². The van der Waals surface area contributed by atoms with Gasteiger partial charge in [0.2, 0.25) is 0 Å². The fourth-order valence-electron chi connectivity index (χ4n) is 2.21. The summed E-state index contributed by atoms with van der Waals surface area (Å²) in [6.45, 7) is 0. The van der Waals surface area contributed by atoms with E-state index in [0.29, 0.717) is 10.2 Å². The predicted octanol–water partition coefficient (Wildman–Crippen LogP) is 5.14. The largest absolute Gasteiger partial charge is 0.388 e. The first-order valence-electron chi connectivity index (χ1n) is 7.26. The highest BCUT2D eigenvalue weighted by atomic mass is 32.2. The van der Waals surface area contributed by atoms with E-state index in [4.69, 9.17) is 4.42 Å². The maximum Gasteiger partial charge on any atom is 0.349 e. The quantitative estimate of drug-likeness (QED) is 0.551. The van der Waals surface area contributed by atoms with Crippen molar-refractivity contribution in [1.29, 1.82) is 0 Å². The second kappa shape index (κ2) is 6.51. The number of thiophene rings is 1. The van der Waals surface area contributed by atoms with Crippen LogP contribution in [-0.4, -0.2) is 4.98 Å². The van der Waals surface area contributed by atoms with Gasteiger partial charge in [0.05, 0.1) is 5.39 Å². The van der Waals surface area contributed by atoms with Crippen LogP contribution in [0.25, 0.3) is 10.2 Å². The number of benzene rings is 2. The molecule has 0 amide bonds. The highest BCUT2D eigenvalue weighted by Crippen LogP contribution is 2.28. The van der Waals surface area contributed by atoms with Crippen molar-refractivity contribution in [1.82, 2.24) is 4.98 Å². The number of hydrogen-bond donors (Lipinski definition) is 1. The summed E-state index contributed by atoms with van der Waals surface area (Å²) in [5, 5.41) is 5.38. The molecule has 0 saturated heterocycles. The predicted molar refractivity (Wildman–Crippen MR) is 98.4 cm³/mol. The summed E-state index contributed by atoms with van der Waals surface area (Å²) in [5.41, 5.74) is 0.443. The minimum atomic E-state index is -0.375. The molecule has 0 radical (unpaired) electrons. The fourth-order valence-corrected chi connectivity index (χ4v) is 3.79. The van der Waals surface area contributed by atoms with Crippen molar-refractivity contribution >= 4 is 45.0 Å². The molecule has 4 nitrogen and oxygen atoms in total. The van der Waals surface area contributed by atoms with Crippen molar-refractivity contribution in [2.24, 2.45) is 0 Å². The highest BCUT2D eigenvalue weighted by molar-refractivity contribution is 7.99. The molecule has 4 aromatic rings. The molecule has 0 aliphatic heterocycles. The Hall–Kier alpha value is -2.57. The molecule has 0 bridgehead atoms. The number of nitrogens with zero attached hydrogens (tertiary/aromatic N) is 1. The summed E-state index contributed by atoms with van der Waals surface area (Å²) < 4.78 is 5.20. The van der Waals surface area contributed by atoms with Crippen molar-refractivity contribution in [3.8, 4) is 0 Å². The van der Waals surface area contributed by atoms with Crippen LogP contribution in [0.5, 0.6) is 0 Å². The van der Waals surface area contributed by atoms with Crippen LogP contribution < -0.4 is 10.9 Å². The Bertz CT molecular complexity index is 1020. The molecular weight excluding hydrogens is 340 g/mol. The molecule has 0 fully saturated rings. The molecule has 118 valence electrons. The summed E-state index contributed by atoms with van der Waals surface area (Å²) in [7, 11) is 0. The number of aromatic nitrogens is 1. The van der Waals surface area contributed by atoms with Crippen LogP contribution in [-0.2, 0) is 0 Å². The second-order valence-corrected chi connectivity index (χ2v) is 7.05. The van der Waals surface area contributed by atoms with E-state index in [1.54, 1.807) is 17.8 Å². The lowest BCUT2D eigenvalue weighted by Crippen LogP contribution is -2.03. The molecule has 0 spiro atoms. The smallest absolute Gasteiger partial charge is 0.349 e. The third-order valence-corrected chi connectivity index (χ3v) is 5.16. The van der Waals surface area contributed by atoms with Gasteiger partial charge in [-0.05, 0) is 47.8 Å². The van der Waals surface area contributed by atoms with E-state index in [9.17, 15) is 4.79 Å². The van der Waals surface area contributed by atoms with E-state index in [1.807, 2.05) is 47.8 Å². The maximum atomic E-state index is 11.9. The summed E-state index contributed by atoms with van der Waals surface area (Å²) in [6, 6.07) is 20.0. The Labute approximate surface area is 146 Å². The molecule has 6 heteroatoms. The van der Waals surface area contributed by atoms with Gasteiger partial charge in [0, 0.05) is 15.5 Å². The first-order chi connectivity index (χ1) is 11.8. The maximum absolute atomic E-state index is 11.9. The molecule has 0 saturated carbocycles. The number of anilines is 2. The van der Waals surface area contributed by atoms with Crippen molar-refractivity contribution < 1.29 is 4.42 Å². The summed E-state index contributed by atoms with van der Waals surface area (Å²) in [4.78, 5) is 19.2. The molecule has 0 atom stereocenters. The van der Waals surface area contributed by atoms with Crippen LogP contribution in [0.1, 0.15) is 0 Å². The third-order valence-electron chi connectivity index (χ3n) is 3.34. The van der Waals surface area contributed by atoms with Crippen LogP contribution >= 0.6 is 23.1 Å². The Balaban J connectivity index is 1.53. The average Bonchev–Trinajstić information content (AvgIpc) is 3.07. The zero-order valence-electron chi connectivity index (χ0n) is 12.4. The average molecular weight is 352 g/mol. The number of fused-ring (bicyclic) bond motifs is 1. The molecular formula is C18H12N2O2S2. The normalized spacial score (nSPS) is 10.8. The van der Waals surface area contributed by atoms with Gasteiger partial charge < -0.3 is 9.73 Å². The van der Waals surface area contributed by atoms with Crippen molar-refractivity contribution in [3.05, 3.63) is 76.5 Å². The van der Waals surface area contributed by atoms with Gasteiger partial charge in [0.15, 0.2) is 0 Å². The minimum absolute atomic E-state index is 0.207. The first kappa shape index (κ1) is 15.0. The van der Waals surface area contributed by atoms with E-state index in [1.165, 1.54) is 16.2 Å². The Morgan fingerprint density at radius 2 is 1.71 bits per heavy atom. The van der Waals surface area contributed by atoms with E-state index in [-0.39, 0.29) is 11.6 Å². The molecule has 2 aromatic carbocycles. The lowest BCUT2D eigenvalue weighted by molar-refractivity contribution is 0.522. The monoisotopic (exact) mass is 352 g/mol. The minimum Gasteiger partial charge on any atom is -0.388 e. The van der Waals surface area contributed by atoms with E-state index in [0.717, 1.165) is 10.6 Å². The van der Waals surface area contributed by atoms with Crippen LogP contribution in [0.2, 0.25) is 0 Å². The highest BCUT2D eigenvalue weighted by Gasteiger charge is 2.07. The fraction of sp³-hybridized carbons (Fsp3) is 0. The van der Waals surface area contributed by atoms with Crippen molar-refractivity contribution in [3.63, 3.8) is 0 Å². The van der Waals surface area contributed by atoms with Gasteiger partial charge in [-0.2, -0.15) is 4.98 Å². The van der Waals surface area contributed by atoms with Crippen LogP contribution in [0, 0.1) is 0 Å². The molecule has 0 aliphatic rings. The Morgan fingerprint density at radius 1 is 0.958 bits per heavy atom. The van der Waals surface area contributed by atoms with Gasteiger partial charge >= 0.3 is 11.6 Å². The summed E-state index contributed by atoms with van der Waals surface area (Å²) >= 11 is 3.11. The number of nitrogens with one attached hydrogen (secondary N) is 1. The standard InChI is InChI=1S/C18H12N2O2S2/c21-17-15-10-11-23-16(15)20-18(22-17)19-12-6-8-14(9-7-12)24-13-4-2-1-3-5-13/h1-11H,(H,19,20). The van der Waals surface area contributed by atoms with Crippen LogP contribution in [0.15, 0.2) is 85.0 Å². The van der Waals surface area contributed by atoms with Crippen molar-refractivity contribution in [2.45, 2.75) is 9.79 Å². The zero-order valence-corrected chi connectivity index (χ0v) is 14.1. The van der Waals surface area contributed by atoms with Gasteiger partial charge in [0.25, 0.3) is 0 Å². The second-order valence-electron chi connectivity index (χ2n) is 5.01. The molecule has 0 unspecified atom stereocenters. The first-order valence-corrected chi connectivity index (χ1v) is 8.96. The molecule has 2 aromatic heterocycles. The van der Waals surface area contributed by atoms with Gasteiger partial charge in [-0.25, -0.2) is 4.79 Å². The number of hydrogen-bond acceptors (Lipinski definition) is 6. The van der Waals surface area contributed by atoms with Crippen LogP contribution in [0.4, 0.5) is 11.7 Å². The summed E-state index contributed by atoms with van der Waals surface area (Å²) in [6.07, 6.45) is 0. The lowest BCUT2D eigenvalue weighted by atomic mass is 10.3. The Kier molecular flexibility index (Phi) is 4.06. The molecule has 1 N–H and O–H groups in total.